The first-order valence-corrected chi connectivity index (χ1v) is 6.67. The van der Waals surface area contributed by atoms with Gasteiger partial charge in [-0.1, -0.05) is 12.5 Å². The highest BCUT2D eigenvalue weighted by molar-refractivity contribution is 7.13. The fraction of sp³-hybridized carbons (Fsp3) is 0.455. The van der Waals surface area contributed by atoms with Gasteiger partial charge in [-0.2, -0.15) is 0 Å². The van der Waals surface area contributed by atoms with Crippen LogP contribution in [-0.4, -0.2) is 31.3 Å². The monoisotopic (exact) mass is 266 g/mol. The van der Waals surface area contributed by atoms with Gasteiger partial charge in [0.05, 0.1) is 4.88 Å². The minimum atomic E-state index is -0.739. The zero-order valence-corrected chi connectivity index (χ0v) is 10.6. The Labute approximate surface area is 108 Å². The molecular formula is C11H14N4O2S. The van der Waals surface area contributed by atoms with Crippen LogP contribution in [-0.2, 0) is 11.3 Å². The molecule has 0 saturated carbocycles. The molecule has 6 nitrogen and oxygen atoms in total. The predicted octanol–water partition coefficient (Wildman–Crippen LogP) is 2.05. The second-order valence-corrected chi connectivity index (χ2v) is 4.86. The van der Waals surface area contributed by atoms with Gasteiger partial charge < -0.3 is 5.11 Å². The van der Waals surface area contributed by atoms with Gasteiger partial charge in [-0.25, -0.2) is 4.68 Å². The molecule has 0 saturated heterocycles. The van der Waals surface area contributed by atoms with E-state index in [-0.39, 0.29) is 6.42 Å². The minimum absolute atomic E-state index is 0.230. The van der Waals surface area contributed by atoms with Gasteiger partial charge in [0.25, 0.3) is 0 Å². The summed E-state index contributed by atoms with van der Waals surface area (Å²) in [7, 11) is 0. The standard InChI is InChI=1S/C11H14N4O2S/c16-10(17)6-2-1-3-7-15-11(12-13-14-15)9-5-4-8-18-9/h4-5,8H,1-3,6-7H2,(H,16,17). The summed E-state index contributed by atoms with van der Waals surface area (Å²) in [5, 5.41) is 22.2. The first-order valence-electron chi connectivity index (χ1n) is 5.79. The van der Waals surface area contributed by atoms with Gasteiger partial charge in [0, 0.05) is 13.0 Å². The average Bonchev–Trinajstić information content (AvgIpc) is 2.97. The van der Waals surface area contributed by atoms with Gasteiger partial charge in [0.15, 0.2) is 5.82 Å². The SMILES string of the molecule is O=C(O)CCCCCn1nnnc1-c1cccs1. The number of nitrogens with zero attached hydrogens (tertiary/aromatic N) is 4. The first kappa shape index (κ1) is 12.7. The summed E-state index contributed by atoms with van der Waals surface area (Å²) in [5.41, 5.74) is 0. The Hall–Kier alpha value is -1.76. The van der Waals surface area contributed by atoms with Crippen LogP contribution in [0.1, 0.15) is 25.7 Å². The molecule has 0 amide bonds. The fourth-order valence-corrected chi connectivity index (χ4v) is 2.36. The Kier molecular flexibility index (Phi) is 4.40. The number of thiophene rings is 1. The van der Waals surface area contributed by atoms with Crippen molar-refractivity contribution in [3.8, 4) is 10.7 Å². The average molecular weight is 266 g/mol. The largest absolute Gasteiger partial charge is 0.481 e. The predicted molar refractivity (Wildman–Crippen MR) is 67.2 cm³/mol. The molecule has 2 heterocycles. The highest BCUT2D eigenvalue weighted by Crippen LogP contribution is 2.21. The molecule has 0 unspecified atom stereocenters. The number of hydrogen-bond acceptors (Lipinski definition) is 5. The second-order valence-electron chi connectivity index (χ2n) is 3.91. The van der Waals surface area contributed by atoms with Crippen molar-refractivity contribution in [1.82, 2.24) is 20.2 Å². The van der Waals surface area contributed by atoms with Crippen LogP contribution in [0.4, 0.5) is 0 Å². The molecule has 18 heavy (non-hydrogen) atoms. The molecule has 96 valence electrons. The normalized spacial score (nSPS) is 10.7. The van der Waals surface area contributed by atoms with Crippen molar-refractivity contribution in [2.45, 2.75) is 32.2 Å². The van der Waals surface area contributed by atoms with Crippen molar-refractivity contribution in [2.75, 3.05) is 0 Å². The van der Waals surface area contributed by atoms with Crippen LogP contribution >= 0.6 is 11.3 Å². The third-order valence-corrected chi connectivity index (χ3v) is 3.40. The highest BCUT2D eigenvalue weighted by atomic mass is 32.1. The second kappa shape index (κ2) is 6.25. The van der Waals surface area contributed by atoms with Gasteiger partial charge >= 0.3 is 5.97 Å². The number of tetrazole rings is 1. The van der Waals surface area contributed by atoms with E-state index in [0.29, 0.717) is 6.42 Å². The van der Waals surface area contributed by atoms with Gasteiger partial charge in [0.1, 0.15) is 0 Å². The van der Waals surface area contributed by atoms with E-state index in [9.17, 15) is 4.79 Å². The third-order valence-electron chi connectivity index (χ3n) is 2.53. The van der Waals surface area contributed by atoms with Crippen LogP contribution in [0.3, 0.4) is 0 Å². The van der Waals surface area contributed by atoms with E-state index < -0.39 is 5.97 Å². The zero-order chi connectivity index (χ0) is 12.8. The van der Waals surface area contributed by atoms with Crippen molar-refractivity contribution in [2.24, 2.45) is 0 Å². The molecule has 1 N–H and O–H groups in total. The van der Waals surface area contributed by atoms with E-state index in [1.54, 1.807) is 16.0 Å². The Morgan fingerprint density at radius 1 is 1.39 bits per heavy atom. The molecule has 2 aromatic rings. The molecule has 0 fully saturated rings. The van der Waals surface area contributed by atoms with Crippen molar-refractivity contribution in [1.29, 1.82) is 0 Å². The minimum Gasteiger partial charge on any atom is -0.481 e. The Bertz CT molecular complexity index is 495. The van der Waals surface area contributed by atoms with E-state index in [1.165, 1.54) is 0 Å². The van der Waals surface area contributed by atoms with Crippen LogP contribution in [0.2, 0.25) is 0 Å². The number of unbranched alkanes of at least 4 members (excludes halogenated alkanes) is 2. The Morgan fingerprint density at radius 2 is 2.28 bits per heavy atom. The smallest absolute Gasteiger partial charge is 0.303 e. The quantitative estimate of drug-likeness (QED) is 0.776. The number of aryl methyl sites for hydroxylation is 1. The molecule has 0 aliphatic heterocycles. The maximum Gasteiger partial charge on any atom is 0.303 e. The van der Waals surface area contributed by atoms with Gasteiger partial charge in [0.2, 0.25) is 0 Å². The summed E-state index contributed by atoms with van der Waals surface area (Å²) in [6, 6.07) is 3.95. The van der Waals surface area contributed by atoms with E-state index in [2.05, 4.69) is 15.5 Å². The van der Waals surface area contributed by atoms with Gasteiger partial charge in [-0.3, -0.25) is 4.79 Å². The Morgan fingerprint density at radius 3 is 3.00 bits per heavy atom. The summed E-state index contributed by atoms with van der Waals surface area (Å²) in [5.74, 6) is 0.0416. The number of carboxylic acid groups (broad SMARTS) is 1. The van der Waals surface area contributed by atoms with Crippen LogP contribution < -0.4 is 0 Å². The maximum atomic E-state index is 10.4. The van der Waals surface area contributed by atoms with Crippen molar-refractivity contribution in [3.05, 3.63) is 17.5 Å². The van der Waals surface area contributed by atoms with Gasteiger partial charge in [-0.05, 0) is 34.7 Å². The zero-order valence-electron chi connectivity index (χ0n) is 9.82. The molecule has 0 aliphatic rings. The third kappa shape index (κ3) is 3.36. The van der Waals surface area contributed by atoms with E-state index in [1.807, 2.05) is 17.5 Å². The van der Waals surface area contributed by atoms with E-state index in [4.69, 9.17) is 5.11 Å². The van der Waals surface area contributed by atoms with Crippen LogP contribution in [0.15, 0.2) is 17.5 Å². The van der Waals surface area contributed by atoms with Crippen molar-refractivity contribution >= 4 is 17.3 Å². The number of carboxylic acids is 1. The lowest BCUT2D eigenvalue weighted by Gasteiger charge is -2.02. The number of aliphatic carboxylic acids is 1. The lowest BCUT2D eigenvalue weighted by atomic mass is 10.2. The summed E-state index contributed by atoms with van der Waals surface area (Å²) >= 11 is 1.60. The number of aromatic nitrogens is 4. The molecule has 2 rings (SSSR count). The molecular weight excluding hydrogens is 252 g/mol. The summed E-state index contributed by atoms with van der Waals surface area (Å²) < 4.78 is 1.77. The fourth-order valence-electron chi connectivity index (χ4n) is 1.65. The lowest BCUT2D eigenvalue weighted by molar-refractivity contribution is -0.137. The molecule has 0 aliphatic carbocycles. The maximum absolute atomic E-state index is 10.4. The topological polar surface area (TPSA) is 80.9 Å². The number of carbonyl (C=O) groups is 1. The lowest BCUT2D eigenvalue weighted by Crippen LogP contribution is -2.03. The highest BCUT2D eigenvalue weighted by Gasteiger charge is 2.09. The molecule has 0 atom stereocenters. The van der Waals surface area contributed by atoms with E-state index >= 15 is 0 Å². The van der Waals surface area contributed by atoms with Crippen LogP contribution in [0.5, 0.6) is 0 Å². The molecule has 0 radical (unpaired) electrons. The molecule has 7 heteroatoms. The molecule has 0 spiro atoms. The van der Waals surface area contributed by atoms with E-state index in [0.717, 1.165) is 30.1 Å². The summed E-state index contributed by atoms with van der Waals surface area (Å²) in [6.45, 7) is 0.722. The molecule has 0 aromatic carbocycles. The number of rotatable bonds is 7. The van der Waals surface area contributed by atoms with Gasteiger partial charge in [-0.15, -0.1) is 16.4 Å². The number of hydrogen-bond donors (Lipinski definition) is 1. The van der Waals surface area contributed by atoms with Crippen molar-refractivity contribution < 1.29 is 9.90 Å². The van der Waals surface area contributed by atoms with Crippen LogP contribution in [0.25, 0.3) is 10.7 Å². The Balaban J connectivity index is 1.83. The first-order chi connectivity index (χ1) is 8.77. The van der Waals surface area contributed by atoms with Crippen LogP contribution in [0, 0.1) is 0 Å². The molecule has 2 aromatic heterocycles. The summed E-state index contributed by atoms with van der Waals surface area (Å²) in [6.07, 6.45) is 2.69. The molecule has 0 bridgehead atoms. The summed E-state index contributed by atoms with van der Waals surface area (Å²) in [4.78, 5) is 11.4. The van der Waals surface area contributed by atoms with Crippen molar-refractivity contribution in [3.63, 3.8) is 0 Å².